The van der Waals surface area contributed by atoms with Gasteiger partial charge in [-0.25, -0.2) is 0 Å². The van der Waals surface area contributed by atoms with Gasteiger partial charge in [-0.15, -0.1) is 0 Å². The van der Waals surface area contributed by atoms with Crippen LogP contribution >= 0.6 is 0 Å². The Morgan fingerprint density at radius 2 is 2.22 bits per heavy atom. The maximum absolute atomic E-state index is 10.9. The first-order valence-corrected chi connectivity index (χ1v) is 5.92. The van der Waals surface area contributed by atoms with Crippen LogP contribution in [0, 0.1) is 10.1 Å². The molecule has 1 aromatic rings. The van der Waals surface area contributed by atoms with Crippen molar-refractivity contribution in [2.24, 2.45) is 5.73 Å². The van der Waals surface area contributed by atoms with E-state index < -0.39 is 4.92 Å². The number of ether oxygens (including phenoxy) is 1. The molecule has 0 aliphatic carbocycles. The van der Waals surface area contributed by atoms with Crippen molar-refractivity contribution >= 4 is 11.4 Å². The quantitative estimate of drug-likeness (QED) is 0.591. The van der Waals surface area contributed by atoms with E-state index in [2.05, 4.69) is 0 Å². The fraction of sp³-hybridized carbons (Fsp3) is 0.500. The van der Waals surface area contributed by atoms with Crippen LogP contribution in [0.4, 0.5) is 11.4 Å². The number of hydrogen-bond donors (Lipinski definition) is 1. The SMILES string of the molecule is CCCOc1cc(N(C)CCN)ccc1[N+](=O)[O-]. The summed E-state index contributed by atoms with van der Waals surface area (Å²) < 4.78 is 5.42. The summed E-state index contributed by atoms with van der Waals surface area (Å²) in [6.45, 7) is 3.63. The highest BCUT2D eigenvalue weighted by Crippen LogP contribution is 2.31. The second-order valence-corrected chi connectivity index (χ2v) is 3.97. The van der Waals surface area contributed by atoms with Crippen molar-refractivity contribution in [2.75, 3.05) is 31.6 Å². The van der Waals surface area contributed by atoms with Gasteiger partial charge in [-0.2, -0.15) is 0 Å². The maximum Gasteiger partial charge on any atom is 0.311 e. The van der Waals surface area contributed by atoms with Gasteiger partial charge in [-0.3, -0.25) is 10.1 Å². The van der Waals surface area contributed by atoms with E-state index in [0.29, 0.717) is 25.4 Å². The molecule has 0 aliphatic heterocycles. The van der Waals surface area contributed by atoms with Crippen LogP contribution < -0.4 is 15.4 Å². The van der Waals surface area contributed by atoms with Crippen molar-refractivity contribution in [3.8, 4) is 5.75 Å². The number of benzene rings is 1. The van der Waals surface area contributed by atoms with Crippen LogP contribution in [0.1, 0.15) is 13.3 Å². The average Bonchev–Trinajstić information content (AvgIpc) is 2.36. The Labute approximate surface area is 106 Å². The minimum atomic E-state index is -0.433. The molecule has 0 heterocycles. The fourth-order valence-electron chi connectivity index (χ4n) is 1.54. The lowest BCUT2D eigenvalue weighted by Crippen LogP contribution is -2.24. The Bertz CT molecular complexity index is 410. The van der Waals surface area contributed by atoms with Crippen LogP contribution in [0.25, 0.3) is 0 Å². The molecule has 0 fully saturated rings. The summed E-state index contributed by atoms with van der Waals surface area (Å²) in [5, 5.41) is 10.9. The van der Waals surface area contributed by atoms with Gasteiger partial charge in [-0.1, -0.05) is 6.92 Å². The second kappa shape index (κ2) is 6.80. The van der Waals surface area contributed by atoms with E-state index in [0.717, 1.165) is 12.1 Å². The van der Waals surface area contributed by atoms with Crippen molar-refractivity contribution in [2.45, 2.75) is 13.3 Å². The number of hydrogen-bond acceptors (Lipinski definition) is 5. The van der Waals surface area contributed by atoms with E-state index in [1.165, 1.54) is 6.07 Å². The highest BCUT2D eigenvalue weighted by molar-refractivity contribution is 5.59. The Balaban J connectivity index is 3.00. The molecule has 2 N–H and O–H groups in total. The molecule has 1 rings (SSSR count). The number of nitrogens with two attached hydrogens (primary N) is 1. The van der Waals surface area contributed by atoms with Crippen molar-refractivity contribution in [1.29, 1.82) is 0 Å². The number of likely N-dealkylation sites (N-methyl/N-ethyl adjacent to an activating group) is 1. The van der Waals surface area contributed by atoms with Crippen LogP contribution in [-0.2, 0) is 0 Å². The summed E-state index contributed by atoms with van der Waals surface area (Å²) >= 11 is 0. The minimum Gasteiger partial charge on any atom is -0.487 e. The zero-order valence-electron chi connectivity index (χ0n) is 10.8. The van der Waals surface area contributed by atoms with E-state index in [4.69, 9.17) is 10.5 Å². The monoisotopic (exact) mass is 253 g/mol. The van der Waals surface area contributed by atoms with Crippen molar-refractivity contribution in [3.63, 3.8) is 0 Å². The summed E-state index contributed by atoms with van der Waals surface area (Å²) in [6, 6.07) is 4.85. The first kappa shape index (κ1) is 14.2. The van der Waals surface area contributed by atoms with Crippen LogP contribution in [0.5, 0.6) is 5.75 Å². The molecule has 0 saturated carbocycles. The zero-order chi connectivity index (χ0) is 13.5. The van der Waals surface area contributed by atoms with Gasteiger partial charge in [0.05, 0.1) is 11.5 Å². The van der Waals surface area contributed by atoms with Gasteiger partial charge in [0.1, 0.15) is 0 Å². The standard InChI is InChI=1S/C12H19N3O3/c1-3-8-18-12-9-10(14(2)7-6-13)4-5-11(12)15(16)17/h4-5,9H,3,6-8,13H2,1-2H3. The van der Waals surface area contributed by atoms with Gasteiger partial charge in [0, 0.05) is 38.0 Å². The molecule has 6 heteroatoms. The van der Waals surface area contributed by atoms with Crippen molar-refractivity contribution in [3.05, 3.63) is 28.3 Å². The van der Waals surface area contributed by atoms with Gasteiger partial charge < -0.3 is 15.4 Å². The van der Waals surface area contributed by atoms with Crippen molar-refractivity contribution in [1.82, 2.24) is 0 Å². The summed E-state index contributed by atoms with van der Waals surface area (Å²) in [6.07, 6.45) is 0.806. The van der Waals surface area contributed by atoms with Gasteiger partial charge in [-0.05, 0) is 12.5 Å². The van der Waals surface area contributed by atoms with Crippen LogP contribution in [0.2, 0.25) is 0 Å². The first-order chi connectivity index (χ1) is 8.60. The Morgan fingerprint density at radius 3 is 2.78 bits per heavy atom. The molecule has 0 spiro atoms. The highest BCUT2D eigenvalue weighted by atomic mass is 16.6. The Morgan fingerprint density at radius 1 is 1.50 bits per heavy atom. The molecule has 1 aromatic carbocycles. The summed E-state index contributed by atoms with van der Waals surface area (Å²) in [4.78, 5) is 12.4. The molecule has 0 atom stereocenters. The molecular formula is C12H19N3O3. The molecule has 18 heavy (non-hydrogen) atoms. The second-order valence-electron chi connectivity index (χ2n) is 3.97. The normalized spacial score (nSPS) is 10.2. The largest absolute Gasteiger partial charge is 0.487 e. The molecule has 0 aromatic heterocycles. The van der Waals surface area contributed by atoms with E-state index >= 15 is 0 Å². The molecule has 6 nitrogen and oxygen atoms in total. The lowest BCUT2D eigenvalue weighted by atomic mass is 10.2. The molecular weight excluding hydrogens is 234 g/mol. The van der Waals surface area contributed by atoms with Crippen LogP contribution in [-0.4, -0.2) is 31.7 Å². The predicted octanol–water partition coefficient (Wildman–Crippen LogP) is 1.78. The Hall–Kier alpha value is -1.82. The van der Waals surface area contributed by atoms with E-state index in [-0.39, 0.29) is 5.69 Å². The molecule has 0 aliphatic rings. The Kier molecular flexibility index (Phi) is 5.38. The van der Waals surface area contributed by atoms with Gasteiger partial charge in [0.15, 0.2) is 5.75 Å². The third kappa shape index (κ3) is 3.59. The summed E-state index contributed by atoms with van der Waals surface area (Å²) in [5.74, 6) is 0.309. The fourth-order valence-corrected chi connectivity index (χ4v) is 1.54. The topological polar surface area (TPSA) is 81.6 Å². The molecule has 100 valence electrons. The minimum absolute atomic E-state index is 0.00616. The van der Waals surface area contributed by atoms with Crippen LogP contribution in [0.15, 0.2) is 18.2 Å². The zero-order valence-corrected chi connectivity index (χ0v) is 10.8. The lowest BCUT2D eigenvalue weighted by Gasteiger charge is -2.19. The average molecular weight is 253 g/mol. The molecule has 0 radical (unpaired) electrons. The third-order valence-electron chi connectivity index (χ3n) is 2.51. The molecule has 0 bridgehead atoms. The first-order valence-electron chi connectivity index (χ1n) is 5.92. The third-order valence-corrected chi connectivity index (χ3v) is 2.51. The smallest absolute Gasteiger partial charge is 0.311 e. The summed E-state index contributed by atoms with van der Waals surface area (Å²) in [5.41, 5.74) is 6.33. The van der Waals surface area contributed by atoms with Crippen molar-refractivity contribution < 1.29 is 9.66 Å². The highest BCUT2D eigenvalue weighted by Gasteiger charge is 2.16. The lowest BCUT2D eigenvalue weighted by molar-refractivity contribution is -0.385. The molecule has 0 saturated heterocycles. The molecule has 0 amide bonds. The number of nitro groups is 1. The summed E-state index contributed by atoms with van der Waals surface area (Å²) in [7, 11) is 1.89. The predicted molar refractivity (Wildman–Crippen MR) is 71.2 cm³/mol. The maximum atomic E-state index is 10.9. The number of rotatable bonds is 7. The number of anilines is 1. The number of nitro benzene ring substituents is 1. The van der Waals surface area contributed by atoms with E-state index in [1.807, 2.05) is 18.9 Å². The van der Waals surface area contributed by atoms with E-state index in [9.17, 15) is 10.1 Å². The van der Waals surface area contributed by atoms with Gasteiger partial charge in [0.25, 0.3) is 0 Å². The number of nitrogens with zero attached hydrogens (tertiary/aromatic N) is 2. The van der Waals surface area contributed by atoms with E-state index in [1.54, 1.807) is 12.1 Å². The van der Waals surface area contributed by atoms with Gasteiger partial charge >= 0.3 is 5.69 Å². The molecule has 0 unspecified atom stereocenters. The van der Waals surface area contributed by atoms with Gasteiger partial charge in [0.2, 0.25) is 0 Å². The van der Waals surface area contributed by atoms with Crippen LogP contribution in [0.3, 0.4) is 0 Å².